The van der Waals surface area contributed by atoms with Gasteiger partial charge in [0.05, 0.1) is 6.10 Å². The molecule has 0 amide bonds. The summed E-state index contributed by atoms with van der Waals surface area (Å²) in [6.45, 7) is 9.51. The number of nitrogens with zero attached hydrogens (tertiary/aromatic N) is 1. The van der Waals surface area contributed by atoms with E-state index in [9.17, 15) is 9.50 Å². The SMILES string of the molecule is C=CCN(CC=C)CCC(O)c1ccccc1F. The number of benzene rings is 1. The zero-order chi connectivity index (χ0) is 13.4. The summed E-state index contributed by atoms with van der Waals surface area (Å²) in [5.74, 6) is -0.357. The summed E-state index contributed by atoms with van der Waals surface area (Å²) in [5, 5.41) is 9.97. The van der Waals surface area contributed by atoms with Crippen LogP contribution >= 0.6 is 0 Å². The number of hydrogen-bond donors (Lipinski definition) is 1. The maximum atomic E-state index is 13.5. The van der Waals surface area contributed by atoms with Crippen molar-refractivity contribution in [2.24, 2.45) is 0 Å². The molecule has 0 aliphatic heterocycles. The van der Waals surface area contributed by atoms with E-state index in [1.807, 2.05) is 0 Å². The molecule has 0 heterocycles. The lowest BCUT2D eigenvalue weighted by Gasteiger charge is -2.20. The Bertz CT molecular complexity index is 382. The van der Waals surface area contributed by atoms with Crippen LogP contribution in [0.5, 0.6) is 0 Å². The van der Waals surface area contributed by atoms with E-state index in [1.54, 1.807) is 30.4 Å². The van der Waals surface area contributed by atoms with Gasteiger partial charge in [-0.1, -0.05) is 30.4 Å². The average molecular weight is 249 g/mol. The Hall–Kier alpha value is -1.45. The van der Waals surface area contributed by atoms with Gasteiger partial charge in [-0.25, -0.2) is 4.39 Å². The van der Waals surface area contributed by atoms with Gasteiger partial charge in [-0.3, -0.25) is 4.90 Å². The van der Waals surface area contributed by atoms with Gasteiger partial charge in [-0.05, 0) is 12.5 Å². The van der Waals surface area contributed by atoms with Crippen LogP contribution in [0, 0.1) is 5.82 Å². The second-order valence-electron chi connectivity index (χ2n) is 4.16. The molecular formula is C15H20FNO. The largest absolute Gasteiger partial charge is 0.388 e. The van der Waals surface area contributed by atoms with Crippen molar-refractivity contribution in [2.45, 2.75) is 12.5 Å². The Morgan fingerprint density at radius 2 is 1.83 bits per heavy atom. The molecule has 0 aliphatic carbocycles. The highest BCUT2D eigenvalue weighted by Gasteiger charge is 2.13. The van der Waals surface area contributed by atoms with Gasteiger partial charge in [-0.15, -0.1) is 13.2 Å². The molecule has 0 aromatic heterocycles. The van der Waals surface area contributed by atoms with Gasteiger partial charge in [0.25, 0.3) is 0 Å². The first-order valence-corrected chi connectivity index (χ1v) is 6.05. The molecule has 1 unspecified atom stereocenters. The molecule has 0 bridgehead atoms. The molecule has 0 spiro atoms. The molecule has 0 saturated heterocycles. The fourth-order valence-electron chi connectivity index (χ4n) is 1.83. The molecular weight excluding hydrogens is 229 g/mol. The molecule has 0 saturated carbocycles. The quantitative estimate of drug-likeness (QED) is 0.716. The van der Waals surface area contributed by atoms with E-state index in [1.165, 1.54) is 6.07 Å². The van der Waals surface area contributed by atoms with Gasteiger partial charge in [0.1, 0.15) is 5.82 Å². The monoisotopic (exact) mass is 249 g/mol. The Balaban J connectivity index is 2.54. The Kier molecular flexibility index (Phi) is 6.33. The fraction of sp³-hybridized carbons (Fsp3) is 0.333. The van der Waals surface area contributed by atoms with Gasteiger partial charge in [0.15, 0.2) is 0 Å². The summed E-state index contributed by atoms with van der Waals surface area (Å²) in [5.41, 5.74) is 0.356. The van der Waals surface area contributed by atoms with Crippen molar-refractivity contribution < 1.29 is 9.50 Å². The smallest absolute Gasteiger partial charge is 0.128 e. The minimum atomic E-state index is -0.775. The molecule has 18 heavy (non-hydrogen) atoms. The lowest BCUT2D eigenvalue weighted by atomic mass is 10.1. The van der Waals surface area contributed by atoms with Gasteiger partial charge >= 0.3 is 0 Å². The molecule has 1 aromatic rings. The van der Waals surface area contributed by atoms with E-state index in [2.05, 4.69) is 18.1 Å². The first kappa shape index (κ1) is 14.6. The van der Waals surface area contributed by atoms with E-state index < -0.39 is 6.10 Å². The summed E-state index contributed by atoms with van der Waals surface area (Å²) < 4.78 is 13.5. The van der Waals surface area contributed by atoms with Crippen LogP contribution in [0.15, 0.2) is 49.6 Å². The van der Waals surface area contributed by atoms with Crippen LogP contribution < -0.4 is 0 Å². The molecule has 0 aliphatic rings. The summed E-state index contributed by atoms with van der Waals surface area (Å²) in [6, 6.07) is 6.33. The van der Waals surface area contributed by atoms with E-state index in [0.717, 1.165) is 13.1 Å². The average Bonchev–Trinajstić information content (AvgIpc) is 2.36. The van der Waals surface area contributed by atoms with Crippen LogP contribution in [-0.2, 0) is 0 Å². The van der Waals surface area contributed by atoms with Crippen molar-refractivity contribution in [3.63, 3.8) is 0 Å². The van der Waals surface area contributed by atoms with Crippen molar-refractivity contribution >= 4 is 0 Å². The first-order valence-electron chi connectivity index (χ1n) is 6.05. The van der Waals surface area contributed by atoms with Gasteiger partial charge in [0.2, 0.25) is 0 Å². The molecule has 1 aromatic carbocycles. The molecule has 3 heteroatoms. The zero-order valence-corrected chi connectivity index (χ0v) is 10.6. The summed E-state index contributed by atoms with van der Waals surface area (Å²) in [4.78, 5) is 2.09. The molecule has 2 nitrogen and oxygen atoms in total. The topological polar surface area (TPSA) is 23.5 Å². The second-order valence-corrected chi connectivity index (χ2v) is 4.16. The van der Waals surface area contributed by atoms with Crippen molar-refractivity contribution in [2.75, 3.05) is 19.6 Å². The minimum absolute atomic E-state index is 0.356. The molecule has 0 fully saturated rings. The van der Waals surface area contributed by atoms with Crippen molar-refractivity contribution in [3.05, 3.63) is 61.0 Å². The lowest BCUT2D eigenvalue weighted by Crippen LogP contribution is -2.26. The fourth-order valence-corrected chi connectivity index (χ4v) is 1.83. The first-order chi connectivity index (χ1) is 8.69. The molecule has 98 valence electrons. The van der Waals surface area contributed by atoms with E-state index in [4.69, 9.17) is 0 Å². The maximum Gasteiger partial charge on any atom is 0.128 e. The Morgan fingerprint density at radius 1 is 1.22 bits per heavy atom. The Labute approximate surface area is 108 Å². The van der Waals surface area contributed by atoms with Crippen molar-refractivity contribution in [1.82, 2.24) is 4.90 Å². The summed E-state index contributed by atoms with van der Waals surface area (Å²) in [6.07, 6.45) is 3.32. The van der Waals surface area contributed by atoms with Crippen molar-refractivity contribution in [3.8, 4) is 0 Å². The number of aliphatic hydroxyl groups excluding tert-OH is 1. The summed E-state index contributed by atoms with van der Waals surface area (Å²) in [7, 11) is 0. The van der Waals surface area contributed by atoms with E-state index in [-0.39, 0.29) is 5.82 Å². The van der Waals surface area contributed by atoms with Crippen molar-refractivity contribution in [1.29, 1.82) is 0 Å². The third-order valence-corrected chi connectivity index (χ3v) is 2.76. The highest BCUT2D eigenvalue weighted by molar-refractivity contribution is 5.19. The third kappa shape index (κ3) is 4.43. The zero-order valence-electron chi connectivity index (χ0n) is 10.6. The molecule has 1 rings (SSSR count). The molecule has 1 N–H and O–H groups in total. The van der Waals surface area contributed by atoms with Crippen LogP contribution in [0.4, 0.5) is 4.39 Å². The third-order valence-electron chi connectivity index (χ3n) is 2.76. The molecule has 0 radical (unpaired) electrons. The number of rotatable bonds is 8. The number of halogens is 1. The van der Waals surface area contributed by atoms with Gasteiger partial charge in [-0.2, -0.15) is 0 Å². The van der Waals surface area contributed by atoms with Crippen LogP contribution in [0.25, 0.3) is 0 Å². The van der Waals surface area contributed by atoms with Crippen LogP contribution in [0.1, 0.15) is 18.1 Å². The van der Waals surface area contributed by atoms with Crippen LogP contribution in [-0.4, -0.2) is 29.6 Å². The predicted molar refractivity (Wildman–Crippen MR) is 72.8 cm³/mol. The second kappa shape index (κ2) is 7.80. The highest BCUT2D eigenvalue weighted by atomic mass is 19.1. The van der Waals surface area contributed by atoms with E-state index >= 15 is 0 Å². The van der Waals surface area contributed by atoms with E-state index in [0.29, 0.717) is 18.5 Å². The molecule has 1 atom stereocenters. The normalized spacial score (nSPS) is 12.4. The van der Waals surface area contributed by atoms with Crippen LogP contribution in [0.3, 0.4) is 0 Å². The predicted octanol–water partition coefficient (Wildman–Crippen LogP) is 2.92. The Morgan fingerprint density at radius 3 is 2.39 bits per heavy atom. The maximum absolute atomic E-state index is 13.5. The highest BCUT2D eigenvalue weighted by Crippen LogP contribution is 2.19. The van der Waals surface area contributed by atoms with Gasteiger partial charge < -0.3 is 5.11 Å². The standard InChI is InChI=1S/C15H20FNO/c1-3-10-17(11-4-2)12-9-15(18)13-7-5-6-8-14(13)16/h3-8,15,18H,1-2,9-12H2. The summed E-state index contributed by atoms with van der Waals surface area (Å²) >= 11 is 0. The number of aliphatic hydroxyl groups is 1. The van der Waals surface area contributed by atoms with Gasteiger partial charge in [0, 0.05) is 25.2 Å². The number of hydrogen-bond acceptors (Lipinski definition) is 2. The lowest BCUT2D eigenvalue weighted by molar-refractivity contribution is 0.144. The minimum Gasteiger partial charge on any atom is -0.388 e. The van der Waals surface area contributed by atoms with Crippen LogP contribution in [0.2, 0.25) is 0 Å².